The van der Waals surface area contributed by atoms with Crippen molar-refractivity contribution in [2.45, 2.75) is 93.2 Å². The molecule has 2 amide bonds. The van der Waals surface area contributed by atoms with Crippen molar-refractivity contribution in [3.8, 4) is 0 Å². The van der Waals surface area contributed by atoms with Crippen molar-refractivity contribution < 1.29 is 4.79 Å². The van der Waals surface area contributed by atoms with Crippen molar-refractivity contribution in [3.05, 3.63) is 0 Å². The van der Waals surface area contributed by atoms with E-state index in [0.717, 1.165) is 38.8 Å². The van der Waals surface area contributed by atoms with Crippen LogP contribution in [0, 0.1) is 0 Å². The number of amides is 2. The molecule has 156 valence electrons. The van der Waals surface area contributed by atoms with Crippen LogP contribution < -0.4 is 31.9 Å². The molecule has 27 heavy (non-hydrogen) atoms. The van der Waals surface area contributed by atoms with Gasteiger partial charge in [-0.2, -0.15) is 0 Å². The summed E-state index contributed by atoms with van der Waals surface area (Å²) in [6.45, 7) is 4.26. The molecule has 2 aliphatic heterocycles. The van der Waals surface area contributed by atoms with E-state index < -0.39 is 0 Å². The standard InChI is InChI=1S/C18H34Cl2N6O/c1-11-9-16(22-8-6-12-3-2-7-21-12)25-17(23-11)26-18(27)24-13-4-5-14(19)15(20)10-13/h11-17,21-23,25H,2-10H2,1H3,(H2,24,26,27). The highest BCUT2D eigenvalue weighted by molar-refractivity contribution is 6.30. The molecule has 9 heteroatoms. The lowest BCUT2D eigenvalue weighted by atomic mass is 9.95. The van der Waals surface area contributed by atoms with Crippen LogP contribution in [0.25, 0.3) is 0 Å². The second-order valence-electron chi connectivity index (χ2n) is 8.15. The first-order chi connectivity index (χ1) is 13.0. The molecule has 0 aromatic rings. The van der Waals surface area contributed by atoms with E-state index in [1.165, 1.54) is 12.8 Å². The topological polar surface area (TPSA) is 89.2 Å². The summed E-state index contributed by atoms with van der Waals surface area (Å²) in [4.78, 5) is 12.4. The van der Waals surface area contributed by atoms with Gasteiger partial charge in [-0.15, -0.1) is 23.2 Å². The number of nitrogens with one attached hydrogen (secondary N) is 6. The molecule has 1 aliphatic carbocycles. The lowest BCUT2D eigenvalue weighted by Crippen LogP contribution is -2.68. The molecule has 3 aliphatic rings. The van der Waals surface area contributed by atoms with Crippen molar-refractivity contribution in [2.24, 2.45) is 0 Å². The van der Waals surface area contributed by atoms with Crippen LogP contribution in [0.2, 0.25) is 0 Å². The van der Waals surface area contributed by atoms with Crippen LogP contribution in [0.4, 0.5) is 4.79 Å². The Morgan fingerprint density at radius 1 is 1.07 bits per heavy atom. The zero-order valence-corrected chi connectivity index (χ0v) is 17.6. The van der Waals surface area contributed by atoms with E-state index in [-0.39, 0.29) is 35.3 Å². The van der Waals surface area contributed by atoms with Gasteiger partial charge in [0.05, 0.1) is 16.9 Å². The fraction of sp³-hybridized carbons (Fsp3) is 0.944. The fourth-order valence-electron chi connectivity index (χ4n) is 4.25. The Morgan fingerprint density at radius 3 is 2.67 bits per heavy atom. The first kappa shape index (κ1) is 21.4. The summed E-state index contributed by atoms with van der Waals surface area (Å²) in [7, 11) is 0. The molecule has 6 N–H and O–H groups in total. The number of hydrogen-bond acceptors (Lipinski definition) is 5. The summed E-state index contributed by atoms with van der Waals surface area (Å²) in [6.07, 6.45) is 7.02. The molecule has 0 aromatic carbocycles. The third kappa shape index (κ3) is 6.91. The second-order valence-corrected chi connectivity index (χ2v) is 9.27. The Kier molecular flexibility index (Phi) is 8.29. The van der Waals surface area contributed by atoms with Crippen LogP contribution in [0.15, 0.2) is 0 Å². The monoisotopic (exact) mass is 420 g/mol. The van der Waals surface area contributed by atoms with Gasteiger partial charge in [-0.1, -0.05) is 0 Å². The summed E-state index contributed by atoms with van der Waals surface area (Å²) in [5.41, 5.74) is 0. The minimum absolute atomic E-state index is 0.00145. The number of alkyl halides is 2. The van der Waals surface area contributed by atoms with Crippen molar-refractivity contribution >= 4 is 29.2 Å². The molecule has 3 fully saturated rings. The normalized spacial score (nSPS) is 39.9. The second kappa shape index (κ2) is 10.5. The van der Waals surface area contributed by atoms with Crippen molar-refractivity contribution in [1.29, 1.82) is 0 Å². The Bertz CT molecular complexity index is 479. The Balaban J connectivity index is 1.37. The Morgan fingerprint density at radius 2 is 1.93 bits per heavy atom. The molecule has 1 saturated carbocycles. The zero-order valence-electron chi connectivity index (χ0n) is 16.1. The van der Waals surface area contributed by atoms with Crippen LogP contribution >= 0.6 is 23.2 Å². The summed E-state index contributed by atoms with van der Waals surface area (Å²) in [5, 5.41) is 19.8. The van der Waals surface area contributed by atoms with E-state index in [9.17, 15) is 4.79 Å². The van der Waals surface area contributed by atoms with Crippen LogP contribution in [-0.2, 0) is 0 Å². The van der Waals surface area contributed by atoms with E-state index in [0.29, 0.717) is 18.5 Å². The van der Waals surface area contributed by atoms with Gasteiger partial charge in [-0.25, -0.2) is 4.79 Å². The lowest BCUT2D eigenvalue weighted by molar-refractivity contribution is 0.184. The maximum Gasteiger partial charge on any atom is 0.317 e. The minimum Gasteiger partial charge on any atom is -0.335 e. The number of carbonyl (C=O) groups excluding carboxylic acids is 1. The van der Waals surface area contributed by atoms with Gasteiger partial charge in [0.15, 0.2) is 0 Å². The molecule has 0 spiro atoms. The molecule has 2 heterocycles. The summed E-state index contributed by atoms with van der Waals surface area (Å²) in [5.74, 6) is 0. The third-order valence-corrected chi connectivity index (χ3v) is 6.89. The molecule has 7 unspecified atom stereocenters. The molecule has 3 rings (SSSR count). The van der Waals surface area contributed by atoms with Crippen LogP contribution in [0.3, 0.4) is 0 Å². The minimum atomic E-state index is -0.257. The first-order valence-electron chi connectivity index (χ1n) is 10.3. The van der Waals surface area contributed by atoms with Gasteiger partial charge in [0.25, 0.3) is 0 Å². The van der Waals surface area contributed by atoms with Gasteiger partial charge in [0.2, 0.25) is 0 Å². The number of halogens is 2. The van der Waals surface area contributed by atoms with Gasteiger partial charge in [-0.3, -0.25) is 10.6 Å². The highest BCUT2D eigenvalue weighted by Crippen LogP contribution is 2.27. The van der Waals surface area contributed by atoms with Crippen LogP contribution in [0.5, 0.6) is 0 Å². The molecular weight excluding hydrogens is 387 g/mol. The van der Waals surface area contributed by atoms with Gasteiger partial charge in [-0.05, 0) is 65.0 Å². The van der Waals surface area contributed by atoms with Crippen molar-refractivity contribution in [2.75, 3.05) is 13.1 Å². The average Bonchev–Trinajstić information content (AvgIpc) is 3.11. The number of carbonyl (C=O) groups is 1. The molecule has 7 nitrogen and oxygen atoms in total. The van der Waals surface area contributed by atoms with E-state index in [4.69, 9.17) is 23.2 Å². The molecule has 0 radical (unpaired) electrons. The zero-order chi connectivity index (χ0) is 19.2. The average molecular weight is 421 g/mol. The van der Waals surface area contributed by atoms with E-state index in [1.807, 2.05) is 0 Å². The van der Waals surface area contributed by atoms with Gasteiger partial charge < -0.3 is 21.3 Å². The summed E-state index contributed by atoms with van der Waals surface area (Å²) in [6, 6.07) is 0.865. The molecule has 2 saturated heterocycles. The molecule has 0 bridgehead atoms. The van der Waals surface area contributed by atoms with Crippen molar-refractivity contribution in [3.63, 3.8) is 0 Å². The molecule has 7 atom stereocenters. The van der Waals surface area contributed by atoms with E-state index >= 15 is 0 Å². The SMILES string of the molecule is CC1CC(NCCC2CCCN2)NC(NC(=O)NC2CCC(Cl)C(Cl)C2)N1. The van der Waals surface area contributed by atoms with Crippen LogP contribution in [0.1, 0.15) is 51.9 Å². The Labute approximate surface area is 172 Å². The highest BCUT2D eigenvalue weighted by Gasteiger charge is 2.30. The Hall–Kier alpha value is -0.310. The summed E-state index contributed by atoms with van der Waals surface area (Å²) < 4.78 is 0. The highest BCUT2D eigenvalue weighted by atomic mass is 35.5. The smallest absolute Gasteiger partial charge is 0.317 e. The predicted octanol–water partition coefficient (Wildman–Crippen LogP) is 1.37. The molecular formula is C18H34Cl2N6O. The lowest BCUT2D eigenvalue weighted by Gasteiger charge is -2.37. The predicted molar refractivity (Wildman–Crippen MR) is 110 cm³/mol. The number of hydrogen-bond donors (Lipinski definition) is 6. The third-order valence-electron chi connectivity index (χ3n) is 5.76. The maximum atomic E-state index is 12.4. The van der Waals surface area contributed by atoms with Gasteiger partial charge in [0.1, 0.15) is 6.29 Å². The van der Waals surface area contributed by atoms with E-state index in [1.54, 1.807) is 0 Å². The maximum absolute atomic E-state index is 12.4. The number of rotatable bonds is 6. The van der Waals surface area contributed by atoms with Crippen molar-refractivity contribution in [1.82, 2.24) is 31.9 Å². The number of urea groups is 1. The molecule has 0 aromatic heterocycles. The quantitative estimate of drug-likeness (QED) is 0.365. The largest absolute Gasteiger partial charge is 0.335 e. The van der Waals surface area contributed by atoms with E-state index in [2.05, 4.69) is 38.8 Å². The fourth-order valence-corrected chi connectivity index (χ4v) is 4.82. The summed E-state index contributed by atoms with van der Waals surface area (Å²) >= 11 is 12.4. The van der Waals surface area contributed by atoms with Gasteiger partial charge in [0, 0.05) is 18.1 Å². The van der Waals surface area contributed by atoms with Crippen LogP contribution in [-0.4, -0.2) is 60.5 Å². The first-order valence-corrected chi connectivity index (χ1v) is 11.2. The van der Waals surface area contributed by atoms with Gasteiger partial charge >= 0.3 is 6.03 Å².